The fourth-order valence-corrected chi connectivity index (χ4v) is 7.55. The van der Waals surface area contributed by atoms with Gasteiger partial charge in [-0.15, -0.1) is 0 Å². The lowest BCUT2D eigenvalue weighted by Gasteiger charge is -2.49. The minimum atomic E-state index is -0.395. The van der Waals surface area contributed by atoms with Gasteiger partial charge in [0.2, 0.25) is 0 Å². The molecule has 5 nitrogen and oxygen atoms in total. The van der Waals surface area contributed by atoms with Crippen LogP contribution >= 0.6 is 22.6 Å². The van der Waals surface area contributed by atoms with E-state index in [0.717, 1.165) is 56.6 Å². The molecular weight excluding hydrogens is 613 g/mol. The first-order valence-corrected chi connectivity index (χ1v) is 15.3. The Kier molecular flexibility index (Phi) is 7.70. The van der Waals surface area contributed by atoms with Crippen molar-refractivity contribution in [3.05, 3.63) is 79.2 Å². The number of methoxy groups -OCH3 is 1. The molecule has 2 aromatic rings. The van der Waals surface area contributed by atoms with Gasteiger partial charge in [0, 0.05) is 47.8 Å². The zero-order valence-electron chi connectivity index (χ0n) is 24.7. The molecule has 0 bridgehead atoms. The van der Waals surface area contributed by atoms with E-state index < -0.39 is 5.92 Å². The minimum absolute atomic E-state index is 0.125. The summed E-state index contributed by atoms with van der Waals surface area (Å²) in [6.45, 7) is 14.0. The molecular formula is C34H40INO4. The molecule has 40 heavy (non-hydrogen) atoms. The molecule has 0 N–H and O–H groups in total. The molecule has 3 aliphatic rings. The van der Waals surface area contributed by atoms with Crippen molar-refractivity contribution < 1.29 is 19.1 Å². The van der Waals surface area contributed by atoms with E-state index in [4.69, 9.17) is 9.47 Å². The molecule has 0 spiro atoms. The molecule has 0 fully saturated rings. The number of rotatable bonds is 6. The van der Waals surface area contributed by atoms with Crippen molar-refractivity contribution in [1.82, 2.24) is 4.90 Å². The highest BCUT2D eigenvalue weighted by Gasteiger charge is 2.48. The van der Waals surface area contributed by atoms with E-state index >= 15 is 0 Å². The number of Topliss-reactive ketones (excluding diaryl/α,β-unsaturated/α-hetero) is 2. The van der Waals surface area contributed by atoms with Crippen LogP contribution in [-0.4, -0.2) is 30.1 Å². The van der Waals surface area contributed by atoms with Crippen LogP contribution in [0, 0.1) is 21.3 Å². The standard InChI is InChI=1S/C34H40INO4/c1-8-36-24-15-33(3,4)17-26(37)30(24)29(31-25(36)16-34(5,6)18-27(31)38)22-13-23(35)32(28(14-22)39-7)40-19-21-11-9-10-20(2)12-21/h9-14,29H,8,15-19H2,1-7H3. The summed E-state index contributed by atoms with van der Waals surface area (Å²) in [4.78, 5) is 30.1. The van der Waals surface area contributed by atoms with Gasteiger partial charge in [-0.05, 0) is 83.4 Å². The fraction of sp³-hybridized carbons (Fsp3) is 0.471. The highest BCUT2D eigenvalue weighted by Crippen LogP contribution is 2.55. The monoisotopic (exact) mass is 653 g/mol. The molecule has 2 aromatic carbocycles. The molecule has 0 unspecified atom stereocenters. The summed E-state index contributed by atoms with van der Waals surface area (Å²) in [5.41, 5.74) is 6.70. The van der Waals surface area contributed by atoms with Gasteiger partial charge in [-0.3, -0.25) is 9.59 Å². The summed E-state index contributed by atoms with van der Waals surface area (Å²) in [5.74, 6) is 1.19. The number of ketones is 2. The number of carbonyl (C=O) groups excluding carboxylic acids is 2. The number of aryl methyl sites for hydroxylation is 1. The first kappa shape index (κ1) is 28.9. The van der Waals surface area contributed by atoms with E-state index in [1.54, 1.807) is 7.11 Å². The number of carbonyl (C=O) groups is 2. The smallest absolute Gasteiger partial charge is 0.174 e. The van der Waals surface area contributed by atoms with Gasteiger partial charge < -0.3 is 14.4 Å². The van der Waals surface area contributed by atoms with Gasteiger partial charge in [0.25, 0.3) is 0 Å². The summed E-state index contributed by atoms with van der Waals surface area (Å²) >= 11 is 2.29. The lowest BCUT2D eigenvalue weighted by molar-refractivity contribution is -0.119. The van der Waals surface area contributed by atoms with Crippen LogP contribution < -0.4 is 9.47 Å². The first-order valence-electron chi connectivity index (χ1n) is 14.2. The van der Waals surface area contributed by atoms with Crippen LogP contribution in [0.5, 0.6) is 11.5 Å². The lowest BCUT2D eigenvalue weighted by atomic mass is 9.63. The van der Waals surface area contributed by atoms with Gasteiger partial charge in [0.05, 0.1) is 10.7 Å². The van der Waals surface area contributed by atoms with Crippen LogP contribution in [-0.2, 0) is 16.2 Å². The number of benzene rings is 2. The van der Waals surface area contributed by atoms with Crippen molar-refractivity contribution in [2.45, 2.75) is 79.8 Å². The van der Waals surface area contributed by atoms with Crippen LogP contribution in [0.3, 0.4) is 0 Å². The second-order valence-corrected chi connectivity index (χ2v) is 14.3. The van der Waals surface area contributed by atoms with E-state index in [1.165, 1.54) is 5.56 Å². The van der Waals surface area contributed by atoms with Gasteiger partial charge in [-0.1, -0.05) is 57.5 Å². The van der Waals surface area contributed by atoms with Crippen molar-refractivity contribution in [2.24, 2.45) is 10.8 Å². The fourth-order valence-electron chi connectivity index (χ4n) is 6.77. The molecule has 0 aromatic heterocycles. The zero-order chi connectivity index (χ0) is 29.0. The molecule has 0 saturated carbocycles. The molecule has 0 radical (unpaired) electrons. The third-order valence-electron chi connectivity index (χ3n) is 8.39. The molecule has 212 valence electrons. The van der Waals surface area contributed by atoms with Crippen molar-refractivity contribution >= 4 is 34.2 Å². The lowest BCUT2D eigenvalue weighted by Crippen LogP contribution is -2.44. The first-order chi connectivity index (χ1) is 18.8. The predicted molar refractivity (Wildman–Crippen MR) is 166 cm³/mol. The Bertz CT molecular complexity index is 1390. The maximum atomic E-state index is 13.9. The number of allylic oxidation sites excluding steroid dienone is 4. The van der Waals surface area contributed by atoms with Gasteiger partial charge in [0.15, 0.2) is 23.1 Å². The number of hydrogen-bond donors (Lipinski definition) is 0. The Morgan fingerprint density at radius 3 is 2.05 bits per heavy atom. The average molecular weight is 654 g/mol. The van der Waals surface area contributed by atoms with Crippen molar-refractivity contribution in [2.75, 3.05) is 13.7 Å². The van der Waals surface area contributed by atoms with E-state index in [2.05, 4.69) is 93.3 Å². The number of halogens is 1. The van der Waals surface area contributed by atoms with Crippen LogP contribution in [0.2, 0.25) is 0 Å². The quantitative estimate of drug-likeness (QED) is 0.297. The second kappa shape index (κ2) is 10.7. The van der Waals surface area contributed by atoms with E-state index in [0.29, 0.717) is 30.9 Å². The maximum Gasteiger partial charge on any atom is 0.174 e. The maximum absolute atomic E-state index is 13.9. The second-order valence-electron chi connectivity index (χ2n) is 13.1. The molecule has 1 aliphatic heterocycles. The zero-order valence-corrected chi connectivity index (χ0v) is 26.9. The Morgan fingerprint density at radius 1 is 0.925 bits per heavy atom. The Balaban J connectivity index is 1.65. The van der Waals surface area contributed by atoms with Crippen LogP contribution in [0.25, 0.3) is 0 Å². The SMILES string of the molecule is CCN1C2=C(C(=O)CC(C)(C)C2)C(c2cc(I)c(OCc3cccc(C)c3)c(OC)c2)C2=C1CC(C)(C)CC2=O. The topological polar surface area (TPSA) is 55.8 Å². The molecule has 2 aliphatic carbocycles. The molecule has 0 amide bonds. The molecule has 1 heterocycles. The summed E-state index contributed by atoms with van der Waals surface area (Å²) in [6, 6.07) is 12.3. The number of nitrogens with zero attached hydrogens (tertiary/aromatic N) is 1. The summed E-state index contributed by atoms with van der Waals surface area (Å²) < 4.78 is 13.0. The van der Waals surface area contributed by atoms with E-state index in [-0.39, 0.29) is 22.4 Å². The third kappa shape index (κ3) is 5.36. The van der Waals surface area contributed by atoms with Gasteiger partial charge in [0.1, 0.15) is 6.61 Å². The van der Waals surface area contributed by atoms with Gasteiger partial charge in [-0.2, -0.15) is 0 Å². The summed E-state index contributed by atoms with van der Waals surface area (Å²) in [6.07, 6.45) is 2.59. The van der Waals surface area contributed by atoms with E-state index in [1.807, 2.05) is 12.1 Å². The Labute approximate surface area is 252 Å². The van der Waals surface area contributed by atoms with Crippen LogP contribution in [0.4, 0.5) is 0 Å². The van der Waals surface area contributed by atoms with Crippen LogP contribution in [0.1, 0.15) is 82.9 Å². The minimum Gasteiger partial charge on any atom is -0.493 e. The third-order valence-corrected chi connectivity index (χ3v) is 9.19. The molecule has 0 atom stereocenters. The Morgan fingerprint density at radius 2 is 1.52 bits per heavy atom. The summed E-state index contributed by atoms with van der Waals surface area (Å²) in [7, 11) is 1.65. The molecule has 5 rings (SSSR count). The van der Waals surface area contributed by atoms with Crippen molar-refractivity contribution in [3.8, 4) is 11.5 Å². The Hall–Kier alpha value is -2.61. The number of hydrogen-bond acceptors (Lipinski definition) is 5. The highest BCUT2D eigenvalue weighted by atomic mass is 127. The van der Waals surface area contributed by atoms with Gasteiger partial charge in [-0.25, -0.2) is 0 Å². The van der Waals surface area contributed by atoms with E-state index in [9.17, 15) is 9.59 Å². The van der Waals surface area contributed by atoms with Gasteiger partial charge >= 0.3 is 0 Å². The average Bonchev–Trinajstić information content (AvgIpc) is 2.85. The van der Waals surface area contributed by atoms with Crippen molar-refractivity contribution in [3.63, 3.8) is 0 Å². The number of ether oxygens (including phenoxy) is 2. The molecule has 0 saturated heterocycles. The largest absolute Gasteiger partial charge is 0.493 e. The molecule has 6 heteroatoms. The van der Waals surface area contributed by atoms with Crippen molar-refractivity contribution in [1.29, 1.82) is 0 Å². The summed E-state index contributed by atoms with van der Waals surface area (Å²) in [5, 5.41) is 0. The van der Waals surface area contributed by atoms with Crippen LogP contribution in [0.15, 0.2) is 58.9 Å². The normalized spacial score (nSPS) is 20.4. The predicted octanol–water partition coefficient (Wildman–Crippen LogP) is 7.89. The highest BCUT2D eigenvalue weighted by molar-refractivity contribution is 14.1.